The lowest BCUT2D eigenvalue weighted by molar-refractivity contribution is 0.226. The Morgan fingerprint density at radius 3 is 2.96 bits per heavy atom. The molecular formula is C20H19FN4O2. The Balaban J connectivity index is 1.41. The molecule has 1 fully saturated rings. The predicted molar refractivity (Wildman–Crippen MR) is 96.5 cm³/mol. The first-order valence-corrected chi connectivity index (χ1v) is 9.22. The zero-order chi connectivity index (χ0) is 18.4. The Morgan fingerprint density at radius 1 is 1.30 bits per heavy atom. The van der Waals surface area contributed by atoms with E-state index in [0.717, 1.165) is 42.2 Å². The van der Waals surface area contributed by atoms with Crippen LogP contribution in [0.15, 0.2) is 39.6 Å². The molecule has 0 unspecified atom stereocenters. The van der Waals surface area contributed by atoms with Crippen molar-refractivity contribution < 1.29 is 8.91 Å². The van der Waals surface area contributed by atoms with Crippen LogP contribution in [0.2, 0.25) is 0 Å². The average molecular weight is 366 g/mol. The maximum absolute atomic E-state index is 14.2. The van der Waals surface area contributed by atoms with Gasteiger partial charge in [0.1, 0.15) is 23.1 Å². The zero-order valence-electron chi connectivity index (χ0n) is 14.7. The lowest BCUT2D eigenvalue weighted by Gasteiger charge is -2.25. The molecule has 1 aliphatic carbocycles. The van der Waals surface area contributed by atoms with Gasteiger partial charge >= 0.3 is 0 Å². The third kappa shape index (κ3) is 3.19. The van der Waals surface area contributed by atoms with Crippen molar-refractivity contribution in [3.05, 3.63) is 69.3 Å². The molecule has 0 amide bonds. The summed E-state index contributed by atoms with van der Waals surface area (Å²) >= 11 is 0. The predicted octanol–water partition coefficient (Wildman–Crippen LogP) is 3.00. The molecule has 2 aromatic heterocycles. The summed E-state index contributed by atoms with van der Waals surface area (Å²) in [6, 6.07) is 8.16. The van der Waals surface area contributed by atoms with Crippen molar-refractivity contribution in [2.75, 3.05) is 6.54 Å². The number of aromatic nitrogens is 3. The minimum Gasteiger partial charge on any atom is -0.360 e. The quantitative estimate of drug-likeness (QED) is 0.768. The number of nitrogens with one attached hydrogen (secondary N) is 1. The lowest BCUT2D eigenvalue weighted by Crippen LogP contribution is -2.30. The van der Waals surface area contributed by atoms with Gasteiger partial charge < -0.3 is 9.51 Å². The second-order valence-corrected chi connectivity index (χ2v) is 7.27. The Morgan fingerprint density at radius 2 is 2.15 bits per heavy atom. The van der Waals surface area contributed by atoms with E-state index in [1.165, 1.54) is 6.07 Å². The van der Waals surface area contributed by atoms with Gasteiger partial charge in [0.05, 0.1) is 5.69 Å². The summed E-state index contributed by atoms with van der Waals surface area (Å²) in [5.74, 6) is 1.70. The fourth-order valence-electron chi connectivity index (χ4n) is 3.65. The van der Waals surface area contributed by atoms with E-state index in [4.69, 9.17) is 4.52 Å². The molecule has 0 spiro atoms. The highest BCUT2D eigenvalue weighted by atomic mass is 19.1. The molecule has 27 heavy (non-hydrogen) atoms. The topological polar surface area (TPSA) is 75.0 Å². The third-order valence-electron chi connectivity index (χ3n) is 5.20. The Bertz CT molecular complexity index is 1050. The highest BCUT2D eigenvalue weighted by molar-refractivity contribution is 5.64. The van der Waals surface area contributed by atoms with Crippen LogP contribution in [0.3, 0.4) is 0 Å². The number of benzene rings is 1. The number of halogens is 1. The van der Waals surface area contributed by atoms with Crippen LogP contribution in [-0.2, 0) is 19.5 Å². The maximum Gasteiger partial charge on any atom is 0.251 e. The standard InChI is InChI=1S/C20H19FN4O2/c21-16-4-2-1-3-14(16)19-15-11-25(8-7-17(15)27-24-19)10-13-9-18(26)23-20(22-13)12-5-6-12/h1-4,9,12H,5-8,10-11H2,(H,22,23,26). The van der Waals surface area contributed by atoms with E-state index in [0.29, 0.717) is 36.7 Å². The fourth-order valence-corrected chi connectivity index (χ4v) is 3.65. The summed E-state index contributed by atoms with van der Waals surface area (Å²) in [6.07, 6.45) is 2.88. The Labute approximate surface area is 155 Å². The maximum atomic E-state index is 14.2. The third-order valence-corrected chi connectivity index (χ3v) is 5.20. The summed E-state index contributed by atoms with van der Waals surface area (Å²) in [7, 11) is 0. The van der Waals surface area contributed by atoms with E-state index in [1.54, 1.807) is 24.3 Å². The molecular weight excluding hydrogens is 347 g/mol. The zero-order valence-corrected chi connectivity index (χ0v) is 14.7. The number of hydrogen-bond donors (Lipinski definition) is 1. The van der Waals surface area contributed by atoms with Crippen LogP contribution in [0.5, 0.6) is 0 Å². The average Bonchev–Trinajstić information content (AvgIpc) is 3.43. The van der Waals surface area contributed by atoms with Crippen molar-refractivity contribution in [3.63, 3.8) is 0 Å². The summed E-state index contributed by atoms with van der Waals surface area (Å²) in [5.41, 5.74) is 2.60. The number of aromatic amines is 1. The van der Waals surface area contributed by atoms with E-state index in [-0.39, 0.29) is 11.4 Å². The number of nitrogens with zero attached hydrogens (tertiary/aromatic N) is 3. The molecule has 0 bridgehead atoms. The van der Waals surface area contributed by atoms with Crippen LogP contribution < -0.4 is 5.56 Å². The molecule has 138 valence electrons. The van der Waals surface area contributed by atoms with Gasteiger partial charge in [0.25, 0.3) is 5.56 Å². The number of fused-ring (bicyclic) bond motifs is 1. The summed E-state index contributed by atoms with van der Waals surface area (Å²) in [6.45, 7) is 1.95. The lowest BCUT2D eigenvalue weighted by atomic mass is 10.0. The molecule has 3 heterocycles. The minimum atomic E-state index is -0.309. The highest BCUT2D eigenvalue weighted by Crippen LogP contribution is 2.37. The summed E-state index contributed by atoms with van der Waals surface area (Å²) < 4.78 is 19.7. The number of rotatable bonds is 4. The van der Waals surface area contributed by atoms with Gasteiger partial charge in [-0.2, -0.15) is 0 Å². The van der Waals surface area contributed by atoms with Gasteiger partial charge in [0.15, 0.2) is 0 Å². The Hall–Kier alpha value is -2.80. The van der Waals surface area contributed by atoms with Gasteiger partial charge in [-0.3, -0.25) is 9.69 Å². The smallest absolute Gasteiger partial charge is 0.251 e. The van der Waals surface area contributed by atoms with Crippen molar-refractivity contribution in [1.82, 2.24) is 20.0 Å². The van der Waals surface area contributed by atoms with Gasteiger partial charge in [-0.05, 0) is 25.0 Å². The molecule has 0 saturated heterocycles. The van der Waals surface area contributed by atoms with Gasteiger partial charge in [0, 0.05) is 49.2 Å². The van der Waals surface area contributed by atoms with E-state index < -0.39 is 0 Å². The first kappa shape index (κ1) is 16.4. The molecule has 1 N–H and O–H groups in total. The molecule has 0 radical (unpaired) electrons. The van der Waals surface area contributed by atoms with Gasteiger partial charge in [-0.1, -0.05) is 17.3 Å². The van der Waals surface area contributed by atoms with E-state index >= 15 is 0 Å². The van der Waals surface area contributed by atoms with Crippen molar-refractivity contribution in [3.8, 4) is 11.3 Å². The molecule has 3 aromatic rings. The van der Waals surface area contributed by atoms with Crippen LogP contribution in [0, 0.1) is 5.82 Å². The molecule has 1 aliphatic heterocycles. The Kier molecular flexibility index (Phi) is 3.89. The van der Waals surface area contributed by atoms with E-state index in [2.05, 4.69) is 20.0 Å². The normalized spacial score (nSPS) is 17.1. The second kappa shape index (κ2) is 6.42. The SMILES string of the molecule is O=c1cc(CN2CCc3onc(-c4ccccc4F)c3C2)nc(C2CC2)[nH]1. The molecule has 5 rings (SSSR count). The molecule has 1 aromatic carbocycles. The second-order valence-electron chi connectivity index (χ2n) is 7.27. The van der Waals surface area contributed by atoms with Crippen molar-refractivity contribution in [2.45, 2.75) is 38.3 Å². The molecule has 6 nitrogen and oxygen atoms in total. The highest BCUT2D eigenvalue weighted by Gasteiger charge is 2.28. The number of H-pyrrole nitrogens is 1. The first-order chi connectivity index (χ1) is 13.2. The van der Waals surface area contributed by atoms with Crippen LogP contribution in [0.4, 0.5) is 4.39 Å². The molecule has 0 atom stereocenters. The largest absolute Gasteiger partial charge is 0.360 e. The van der Waals surface area contributed by atoms with Crippen molar-refractivity contribution >= 4 is 0 Å². The van der Waals surface area contributed by atoms with Crippen LogP contribution in [-0.4, -0.2) is 26.6 Å². The number of hydrogen-bond acceptors (Lipinski definition) is 5. The summed E-state index contributed by atoms with van der Waals surface area (Å²) in [4.78, 5) is 21.6. The van der Waals surface area contributed by atoms with Gasteiger partial charge in [-0.15, -0.1) is 0 Å². The van der Waals surface area contributed by atoms with Crippen LogP contribution in [0.1, 0.15) is 41.6 Å². The molecule has 2 aliphatic rings. The molecule has 1 saturated carbocycles. The van der Waals surface area contributed by atoms with Gasteiger partial charge in [0.2, 0.25) is 0 Å². The van der Waals surface area contributed by atoms with E-state index in [9.17, 15) is 9.18 Å². The monoisotopic (exact) mass is 366 g/mol. The first-order valence-electron chi connectivity index (χ1n) is 9.22. The fraction of sp³-hybridized carbons (Fsp3) is 0.350. The van der Waals surface area contributed by atoms with Crippen LogP contribution in [0.25, 0.3) is 11.3 Å². The minimum absolute atomic E-state index is 0.100. The molecule has 7 heteroatoms. The van der Waals surface area contributed by atoms with Crippen molar-refractivity contribution in [2.24, 2.45) is 0 Å². The van der Waals surface area contributed by atoms with Crippen molar-refractivity contribution in [1.29, 1.82) is 0 Å². The van der Waals surface area contributed by atoms with Crippen LogP contribution >= 0.6 is 0 Å². The van der Waals surface area contributed by atoms with E-state index in [1.807, 2.05) is 0 Å². The summed E-state index contributed by atoms with van der Waals surface area (Å²) in [5, 5.41) is 4.12. The van der Waals surface area contributed by atoms with Gasteiger partial charge in [-0.25, -0.2) is 9.37 Å².